The minimum atomic E-state index is -0.826. The molecule has 20 heavy (non-hydrogen) atoms. The molecule has 0 saturated heterocycles. The first kappa shape index (κ1) is 15.1. The normalized spacial score (nSPS) is 27.8. The fraction of sp³-hybridized carbons (Fsp3) is 0.750. The van der Waals surface area contributed by atoms with E-state index in [1.165, 1.54) is 0 Å². The summed E-state index contributed by atoms with van der Waals surface area (Å²) < 4.78 is 5.49. The second-order valence-electron chi connectivity index (χ2n) is 6.27. The zero-order valence-electron chi connectivity index (χ0n) is 12.3. The fourth-order valence-electron chi connectivity index (χ4n) is 3.46. The van der Waals surface area contributed by atoms with Gasteiger partial charge < -0.3 is 9.84 Å². The number of aliphatic carboxylic acids is 1. The molecule has 0 aliphatic heterocycles. The molecule has 1 fully saturated rings. The minimum Gasteiger partial charge on any atom is -0.481 e. The highest BCUT2D eigenvalue weighted by atomic mass is 16.5. The molecule has 0 heterocycles. The van der Waals surface area contributed by atoms with Crippen LogP contribution in [0.3, 0.4) is 0 Å². The van der Waals surface area contributed by atoms with Crippen LogP contribution in [0.15, 0.2) is 12.2 Å². The van der Waals surface area contributed by atoms with Crippen LogP contribution in [0.2, 0.25) is 0 Å². The van der Waals surface area contributed by atoms with Gasteiger partial charge in [0.25, 0.3) is 0 Å². The molecule has 2 rings (SSSR count). The Morgan fingerprint density at radius 2 is 1.95 bits per heavy atom. The van der Waals surface area contributed by atoms with E-state index < -0.39 is 11.4 Å². The molecule has 0 spiro atoms. The predicted octanol–water partition coefficient (Wildman–Crippen LogP) is 3.02. The Hall–Kier alpha value is -1.32. The van der Waals surface area contributed by atoms with E-state index in [1.807, 2.05) is 13.8 Å². The number of carbonyl (C=O) groups excluding carboxylic acids is 1. The lowest BCUT2D eigenvalue weighted by Crippen LogP contribution is -2.32. The number of carboxylic acids is 1. The first-order valence-corrected chi connectivity index (χ1v) is 7.56. The third-order valence-corrected chi connectivity index (χ3v) is 5.13. The van der Waals surface area contributed by atoms with Gasteiger partial charge in [0, 0.05) is 5.41 Å². The molecule has 3 unspecified atom stereocenters. The van der Waals surface area contributed by atoms with Crippen molar-refractivity contribution < 1.29 is 19.4 Å². The average molecular weight is 280 g/mol. The van der Waals surface area contributed by atoms with Crippen molar-refractivity contribution in [2.45, 2.75) is 46.0 Å². The second kappa shape index (κ2) is 5.98. The minimum absolute atomic E-state index is 0.0127. The molecule has 4 heteroatoms. The summed E-state index contributed by atoms with van der Waals surface area (Å²) in [5.74, 6) is -0.101. The largest absolute Gasteiger partial charge is 0.481 e. The van der Waals surface area contributed by atoms with Gasteiger partial charge in [0.05, 0.1) is 18.9 Å². The van der Waals surface area contributed by atoms with Gasteiger partial charge in [-0.3, -0.25) is 9.59 Å². The smallest absolute Gasteiger partial charge is 0.309 e. The molecule has 3 atom stereocenters. The van der Waals surface area contributed by atoms with E-state index in [0.717, 1.165) is 12.8 Å². The lowest BCUT2D eigenvalue weighted by molar-refractivity contribution is -0.156. The Bertz CT molecular complexity index is 409. The number of rotatable bonds is 7. The molecule has 0 aromatic carbocycles. The molecule has 0 aromatic heterocycles. The molecule has 2 aliphatic rings. The van der Waals surface area contributed by atoms with Crippen molar-refractivity contribution in [1.29, 1.82) is 0 Å². The summed E-state index contributed by atoms with van der Waals surface area (Å²) in [5, 5.41) is 9.02. The van der Waals surface area contributed by atoms with E-state index in [2.05, 4.69) is 12.2 Å². The monoisotopic (exact) mass is 280 g/mol. The van der Waals surface area contributed by atoms with E-state index >= 15 is 0 Å². The third-order valence-electron chi connectivity index (χ3n) is 5.13. The van der Waals surface area contributed by atoms with Crippen LogP contribution in [0.1, 0.15) is 46.0 Å². The number of fused-ring (bicyclic) bond motifs is 2. The Morgan fingerprint density at radius 1 is 1.25 bits per heavy atom. The lowest BCUT2D eigenvalue weighted by atomic mass is 9.80. The van der Waals surface area contributed by atoms with Crippen LogP contribution < -0.4 is 0 Å². The first-order valence-electron chi connectivity index (χ1n) is 7.56. The SMILES string of the molecule is CCC(CC)(COC(=O)C1CC2C=CC1C2)CC(=O)O. The molecule has 2 aliphatic carbocycles. The maximum absolute atomic E-state index is 12.2. The van der Waals surface area contributed by atoms with Gasteiger partial charge >= 0.3 is 11.9 Å². The fourth-order valence-corrected chi connectivity index (χ4v) is 3.46. The molecule has 1 N–H and O–H groups in total. The van der Waals surface area contributed by atoms with Crippen LogP contribution in [-0.4, -0.2) is 23.7 Å². The van der Waals surface area contributed by atoms with E-state index in [-0.39, 0.29) is 24.9 Å². The predicted molar refractivity (Wildman–Crippen MR) is 75.1 cm³/mol. The summed E-state index contributed by atoms with van der Waals surface area (Å²) in [7, 11) is 0. The van der Waals surface area contributed by atoms with Crippen LogP contribution in [0.4, 0.5) is 0 Å². The molecule has 2 bridgehead atoms. The van der Waals surface area contributed by atoms with Crippen molar-refractivity contribution in [3.8, 4) is 0 Å². The number of hydrogen-bond acceptors (Lipinski definition) is 3. The number of ether oxygens (including phenoxy) is 1. The van der Waals surface area contributed by atoms with Crippen molar-refractivity contribution in [3.05, 3.63) is 12.2 Å². The third kappa shape index (κ3) is 3.05. The van der Waals surface area contributed by atoms with Gasteiger partial charge in [-0.2, -0.15) is 0 Å². The van der Waals surface area contributed by atoms with Gasteiger partial charge in [-0.05, 0) is 37.5 Å². The quantitative estimate of drug-likeness (QED) is 0.575. The zero-order chi connectivity index (χ0) is 14.8. The molecule has 0 amide bonds. The maximum Gasteiger partial charge on any atom is 0.309 e. The van der Waals surface area contributed by atoms with E-state index in [0.29, 0.717) is 24.7 Å². The van der Waals surface area contributed by atoms with Crippen molar-refractivity contribution in [2.24, 2.45) is 23.2 Å². The van der Waals surface area contributed by atoms with Gasteiger partial charge in [-0.25, -0.2) is 0 Å². The van der Waals surface area contributed by atoms with Gasteiger partial charge in [0.2, 0.25) is 0 Å². The number of hydrogen-bond donors (Lipinski definition) is 1. The van der Waals surface area contributed by atoms with Gasteiger partial charge in [-0.1, -0.05) is 26.0 Å². The van der Waals surface area contributed by atoms with Crippen molar-refractivity contribution >= 4 is 11.9 Å². The topological polar surface area (TPSA) is 63.6 Å². The number of carbonyl (C=O) groups is 2. The van der Waals surface area contributed by atoms with Gasteiger partial charge in [0.15, 0.2) is 0 Å². The molecule has 0 aromatic rings. The summed E-state index contributed by atoms with van der Waals surface area (Å²) in [6.45, 7) is 4.14. The van der Waals surface area contributed by atoms with Crippen LogP contribution in [-0.2, 0) is 14.3 Å². The van der Waals surface area contributed by atoms with E-state index in [1.54, 1.807) is 0 Å². The number of esters is 1. The first-order chi connectivity index (χ1) is 9.49. The number of carboxylic acid groups (broad SMARTS) is 1. The summed E-state index contributed by atoms with van der Waals surface area (Å²) >= 11 is 0. The van der Waals surface area contributed by atoms with Crippen molar-refractivity contribution in [3.63, 3.8) is 0 Å². The Kier molecular flexibility index (Phi) is 4.51. The lowest BCUT2D eigenvalue weighted by Gasteiger charge is -2.30. The molecular formula is C16H24O4. The Morgan fingerprint density at radius 3 is 2.40 bits per heavy atom. The van der Waals surface area contributed by atoms with E-state index in [4.69, 9.17) is 9.84 Å². The summed E-state index contributed by atoms with van der Waals surface area (Å²) in [6.07, 6.45) is 7.76. The van der Waals surface area contributed by atoms with Crippen LogP contribution in [0.5, 0.6) is 0 Å². The highest BCUT2D eigenvalue weighted by Crippen LogP contribution is 2.44. The maximum atomic E-state index is 12.2. The molecule has 112 valence electrons. The molecular weight excluding hydrogens is 256 g/mol. The Balaban J connectivity index is 1.90. The summed E-state index contributed by atoms with van der Waals surface area (Å²) in [4.78, 5) is 23.2. The highest BCUT2D eigenvalue weighted by molar-refractivity contribution is 5.74. The number of allylic oxidation sites excluding steroid dienone is 2. The van der Waals surface area contributed by atoms with Crippen molar-refractivity contribution in [1.82, 2.24) is 0 Å². The summed E-state index contributed by atoms with van der Waals surface area (Å²) in [6, 6.07) is 0. The van der Waals surface area contributed by atoms with Crippen LogP contribution in [0.25, 0.3) is 0 Å². The van der Waals surface area contributed by atoms with Gasteiger partial charge in [-0.15, -0.1) is 0 Å². The summed E-state index contributed by atoms with van der Waals surface area (Å²) in [5.41, 5.74) is -0.422. The highest BCUT2D eigenvalue weighted by Gasteiger charge is 2.41. The van der Waals surface area contributed by atoms with Crippen LogP contribution in [0, 0.1) is 23.2 Å². The van der Waals surface area contributed by atoms with Gasteiger partial charge in [0.1, 0.15) is 0 Å². The average Bonchev–Trinajstić information content (AvgIpc) is 3.05. The standard InChI is InChI=1S/C16H24O4/c1-3-16(4-2,9-14(17)18)10-20-15(19)13-8-11-5-6-12(13)7-11/h5-6,11-13H,3-4,7-10H2,1-2H3,(H,17,18). The zero-order valence-corrected chi connectivity index (χ0v) is 12.3. The molecule has 4 nitrogen and oxygen atoms in total. The van der Waals surface area contributed by atoms with E-state index in [9.17, 15) is 9.59 Å². The molecule has 0 radical (unpaired) electrons. The van der Waals surface area contributed by atoms with Crippen LogP contribution >= 0.6 is 0 Å². The second-order valence-corrected chi connectivity index (χ2v) is 6.27. The van der Waals surface area contributed by atoms with Crippen molar-refractivity contribution in [2.75, 3.05) is 6.61 Å². The molecule has 1 saturated carbocycles. The Labute approximate surface area is 120 Å².